The van der Waals surface area contributed by atoms with E-state index in [-0.39, 0.29) is 5.91 Å². The lowest BCUT2D eigenvalue weighted by molar-refractivity contribution is -0.117. The van der Waals surface area contributed by atoms with Gasteiger partial charge in [0, 0.05) is 12.5 Å². The van der Waals surface area contributed by atoms with Crippen molar-refractivity contribution in [3.05, 3.63) is 29.8 Å². The van der Waals surface area contributed by atoms with E-state index in [1.807, 2.05) is 0 Å². The number of para-hydroxylation sites is 1. The molecule has 1 amide bonds. The van der Waals surface area contributed by atoms with Gasteiger partial charge in [0.2, 0.25) is 5.91 Å². The Kier molecular flexibility index (Phi) is 4.96. The molecular weight excluding hydrogens is 292 g/mol. The third-order valence-electron chi connectivity index (χ3n) is 4.79. The van der Waals surface area contributed by atoms with Gasteiger partial charge in [-0.2, -0.15) is 0 Å². The minimum absolute atomic E-state index is 0.0220. The largest absolute Gasteiger partial charge is 0.465 e. The summed E-state index contributed by atoms with van der Waals surface area (Å²) in [6, 6.07) is 7.78. The van der Waals surface area contributed by atoms with Gasteiger partial charge in [0.25, 0.3) is 0 Å². The van der Waals surface area contributed by atoms with E-state index in [1.54, 1.807) is 24.3 Å². The number of anilines is 1. The SMILES string of the molecule is COC(=O)c1ccccc1NC(=O)CC1CCN(C2CC2)CC1. The molecule has 0 radical (unpaired) electrons. The third kappa shape index (κ3) is 4.10. The molecule has 0 unspecified atom stereocenters. The second-order valence-corrected chi connectivity index (χ2v) is 6.50. The van der Waals surface area contributed by atoms with Crippen LogP contribution < -0.4 is 5.32 Å². The summed E-state index contributed by atoms with van der Waals surface area (Å²) in [6.45, 7) is 2.22. The van der Waals surface area contributed by atoms with Crippen molar-refractivity contribution >= 4 is 17.6 Å². The maximum absolute atomic E-state index is 12.3. The van der Waals surface area contributed by atoms with Crippen LogP contribution in [0.25, 0.3) is 0 Å². The number of carbonyl (C=O) groups is 2. The molecule has 0 spiro atoms. The summed E-state index contributed by atoms with van der Waals surface area (Å²) in [5, 5.41) is 2.87. The number of rotatable bonds is 5. The lowest BCUT2D eigenvalue weighted by Gasteiger charge is -2.31. The molecule has 3 rings (SSSR count). The topological polar surface area (TPSA) is 58.6 Å². The molecule has 1 heterocycles. The van der Waals surface area contributed by atoms with E-state index in [0.717, 1.165) is 32.0 Å². The minimum atomic E-state index is -0.432. The zero-order chi connectivity index (χ0) is 16.2. The van der Waals surface area contributed by atoms with Gasteiger partial charge in [0.05, 0.1) is 18.4 Å². The van der Waals surface area contributed by atoms with Crippen LogP contribution in [0.3, 0.4) is 0 Å². The fraction of sp³-hybridized carbons (Fsp3) is 0.556. The number of esters is 1. The molecule has 0 aromatic heterocycles. The molecular formula is C18H24N2O3. The van der Waals surface area contributed by atoms with Crippen LogP contribution in [0.5, 0.6) is 0 Å². The van der Waals surface area contributed by atoms with E-state index in [9.17, 15) is 9.59 Å². The lowest BCUT2D eigenvalue weighted by Crippen LogP contribution is -2.36. The predicted molar refractivity (Wildman–Crippen MR) is 88.3 cm³/mol. The summed E-state index contributed by atoms with van der Waals surface area (Å²) in [6.07, 6.45) is 5.38. The second-order valence-electron chi connectivity index (χ2n) is 6.50. The van der Waals surface area contributed by atoms with Crippen molar-refractivity contribution in [3.8, 4) is 0 Å². The zero-order valence-electron chi connectivity index (χ0n) is 13.6. The van der Waals surface area contributed by atoms with Crippen LogP contribution in [0.15, 0.2) is 24.3 Å². The quantitative estimate of drug-likeness (QED) is 0.849. The molecule has 0 atom stereocenters. The van der Waals surface area contributed by atoms with Crippen LogP contribution in [-0.2, 0) is 9.53 Å². The van der Waals surface area contributed by atoms with Crippen LogP contribution in [0.1, 0.15) is 42.5 Å². The Morgan fingerprint density at radius 3 is 2.52 bits per heavy atom. The number of benzene rings is 1. The van der Waals surface area contributed by atoms with E-state index >= 15 is 0 Å². The van der Waals surface area contributed by atoms with E-state index < -0.39 is 5.97 Å². The highest BCUT2D eigenvalue weighted by Crippen LogP contribution is 2.31. The summed E-state index contributed by atoms with van der Waals surface area (Å²) in [4.78, 5) is 26.6. The smallest absolute Gasteiger partial charge is 0.339 e. The zero-order valence-corrected chi connectivity index (χ0v) is 13.6. The average molecular weight is 316 g/mol. The highest BCUT2D eigenvalue weighted by Gasteiger charge is 2.32. The van der Waals surface area contributed by atoms with Crippen LogP contribution in [0, 0.1) is 5.92 Å². The highest BCUT2D eigenvalue weighted by atomic mass is 16.5. The number of likely N-dealkylation sites (tertiary alicyclic amines) is 1. The molecule has 1 saturated heterocycles. The first-order valence-corrected chi connectivity index (χ1v) is 8.38. The van der Waals surface area contributed by atoms with E-state index in [0.29, 0.717) is 23.6 Å². The van der Waals surface area contributed by atoms with Gasteiger partial charge in [-0.05, 0) is 56.8 Å². The maximum Gasteiger partial charge on any atom is 0.339 e. The summed E-state index contributed by atoms with van der Waals surface area (Å²) in [5.41, 5.74) is 0.923. The van der Waals surface area contributed by atoms with E-state index in [1.165, 1.54) is 20.0 Å². The summed E-state index contributed by atoms with van der Waals surface area (Å²) < 4.78 is 4.75. The van der Waals surface area contributed by atoms with Gasteiger partial charge >= 0.3 is 5.97 Å². The normalized spacial score (nSPS) is 19.3. The molecule has 1 aliphatic heterocycles. The van der Waals surface area contributed by atoms with Gasteiger partial charge in [-0.15, -0.1) is 0 Å². The first kappa shape index (κ1) is 16.0. The molecule has 5 heteroatoms. The van der Waals surface area contributed by atoms with Crippen LogP contribution in [0.4, 0.5) is 5.69 Å². The number of piperidine rings is 1. The fourth-order valence-corrected chi connectivity index (χ4v) is 3.31. The lowest BCUT2D eigenvalue weighted by atomic mass is 9.93. The number of hydrogen-bond acceptors (Lipinski definition) is 4. The van der Waals surface area contributed by atoms with Crippen molar-refractivity contribution in [2.45, 2.75) is 38.1 Å². The molecule has 1 aliphatic carbocycles. The van der Waals surface area contributed by atoms with Gasteiger partial charge < -0.3 is 15.0 Å². The Morgan fingerprint density at radius 1 is 1.17 bits per heavy atom. The number of carbonyl (C=O) groups excluding carboxylic acids is 2. The number of hydrogen-bond donors (Lipinski definition) is 1. The monoisotopic (exact) mass is 316 g/mol. The van der Waals surface area contributed by atoms with Crippen LogP contribution >= 0.6 is 0 Å². The van der Waals surface area contributed by atoms with Gasteiger partial charge in [0.15, 0.2) is 0 Å². The Balaban J connectivity index is 1.52. The first-order valence-electron chi connectivity index (χ1n) is 8.38. The van der Waals surface area contributed by atoms with Gasteiger partial charge in [-0.3, -0.25) is 4.79 Å². The number of ether oxygens (including phenoxy) is 1. The van der Waals surface area contributed by atoms with Crippen molar-refractivity contribution in [3.63, 3.8) is 0 Å². The van der Waals surface area contributed by atoms with Crippen molar-refractivity contribution in [1.29, 1.82) is 0 Å². The number of nitrogens with one attached hydrogen (secondary N) is 1. The molecule has 1 saturated carbocycles. The maximum atomic E-state index is 12.3. The standard InChI is InChI=1S/C18H24N2O3/c1-23-18(22)15-4-2-3-5-16(15)19-17(21)12-13-8-10-20(11-9-13)14-6-7-14/h2-5,13-14H,6-12H2,1H3,(H,19,21). The minimum Gasteiger partial charge on any atom is -0.465 e. The second kappa shape index (κ2) is 7.13. The van der Waals surface area contributed by atoms with E-state index in [4.69, 9.17) is 4.74 Å². The molecule has 1 aromatic carbocycles. The molecule has 0 bridgehead atoms. The highest BCUT2D eigenvalue weighted by molar-refractivity contribution is 6.01. The van der Waals surface area contributed by atoms with Gasteiger partial charge in [-0.1, -0.05) is 12.1 Å². The first-order chi connectivity index (χ1) is 11.2. The van der Waals surface area contributed by atoms with Crippen molar-refractivity contribution in [2.24, 2.45) is 5.92 Å². The Morgan fingerprint density at radius 2 is 1.87 bits per heavy atom. The molecule has 2 aliphatic rings. The summed E-state index contributed by atoms with van der Waals surface area (Å²) in [7, 11) is 1.34. The number of methoxy groups -OCH3 is 1. The molecule has 124 valence electrons. The Labute approximate surface area is 137 Å². The average Bonchev–Trinajstić information content (AvgIpc) is 3.40. The number of amides is 1. The molecule has 1 N–H and O–H groups in total. The molecule has 23 heavy (non-hydrogen) atoms. The summed E-state index contributed by atoms with van der Waals surface area (Å²) in [5.74, 6) is -0.0137. The van der Waals surface area contributed by atoms with Gasteiger partial charge in [0.1, 0.15) is 0 Å². The molecule has 2 fully saturated rings. The molecule has 5 nitrogen and oxygen atoms in total. The fourth-order valence-electron chi connectivity index (χ4n) is 3.31. The predicted octanol–water partition coefficient (Wildman–Crippen LogP) is 2.68. The van der Waals surface area contributed by atoms with Crippen molar-refractivity contribution < 1.29 is 14.3 Å². The van der Waals surface area contributed by atoms with Crippen LogP contribution in [-0.4, -0.2) is 43.0 Å². The van der Waals surface area contributed by atoms with E-state index in [2.05, 4.69) is 10.2 Å². The Bertz CT molecular complexity index is 575. The van der Waals surface area contributed by atoms with Crippen LogP contribution in [0.2, 0.25) is 0 Å². The van der Waals surface area contributed by atoms with Crippen molar-refractivity contribution in [2.75, 3.05) is 25.5 Å². The summed E-state index contributed by atoms with van der Waals surface area (Å²) >= 11 is 0. The number of nitrogens with zero attached hydrogens (tertiary/aromatic N) is 1. The van der Waals surface area contributed by atoms with Crippen molar-refractivity contribution in [1.82, 2.24) is 4.90 Å². The molecule has 1 aromatic rings. The van der Waals surface area contributed by atoms with Gasteiger partial charge in [-0.25, -0.2) is 4.79 Å². The Hall–Kier alpha value is -1.88. The third-order valence-corrected chi connectivity index (χ3v) is 4.79.